The Morgan fingerprint density at radius 1 is 1.04 bits per heavy atom. The summed E-state index contributed by atoms with van der Waals surface area (Å²) in [5, 5.41) is 2.37. The molecular formula is C17H18F2N4O. The van der Waals surface area contributed by atoms with Gasteiger partial charge >= 0.3 is 0 Å². The fraction of sp³-hybridized carbons (Fsp3) is 0.353. The molecule has 0 bridgehead atoms. The van der Waals surface area contributed by atoms with Crippen LogP contribution in [0.15, 0.2) is 30.6 Å². The summed E-state index contributed by atoms with van der Waals surface area (Å²) >= 11 is 0. The van der Waals surface area contributed by atoms with Crippen LogP contribution in [0.4, 0.5) is 20.3 Å². The van der Waals surface area contributed by atoms with Crippen molar-refractivity contribution in [1.82, 2.24) is 9.97 Å². The van der Waals surface area contributed by atoms with E-state index in [0.717, 1.165) is 37.8 Å². The van der Waals surface area contributed by atoms with Crippen molar-refractivity contribution < 1.29 is 13.6 Å². The summed E-state index contributed by atoms with van der Waals surface area (Å²) in [5.74, 6) is -1.39. The second-order valence-electron chi connectivity index (χ2n) is 5.74. The van der Waals surface area contributed by atoms with Gasteiger partial charge in [-0.1, -0.05) is 12.8 Å². The van der Waals surface area contributed by atoms with Gasteiger partial charge < -0.3 is 10.2 Å². The third-order valence-corrected chi connectivity index (χ3v) is 3.98. The zero-order valence-electron chi connectivity index (χ0n) is 13.1. The summed E-state index contributed by atoms with van der Waals surface area (Å²) in [4.78, 5) is 22.7. The third-order valence-electron chi connectivity index (χ3n) is 3.98. The van der Waals surface area contributed by atoms with E-state index in [1.807, 2.05) is 0 Å². The fourth-order valence-electron chi connectivity index (χ4n) is 2.68. The standard InChI is InChI=1S/C17H18F2N4O/c18-12-5-6-14(13(19)9-12)22-17(24)15-10-21-16(11-20-15)23-7-3-1-2-4-8-23/h5-6,9-11H,1-4,7-8H2,(H,22,24). The molecule has 126 valence electrons. The first-order chi connectivity index (χ1) is 11.6. The quantitative estimate of drug-likeness (QED) is 0.936. The van der Waals surface area contributed by atoms with Gasteiger partial charge in [-0.3, -0.25) is 4.79 Å². The third kappa shape index (κ3) is 3.84. The minimum Gasteiger partial charge on any atom is -0.355 e. The van der Waals surface area contributed by atoms with Crippen molar-refractivity contribution in [3.05, 3.63) is 47.9 Å². The first-order valence-corrected chi connectivity index (χ1v) is 7.97. The predicted molar refractivity (Wildman–Crippen MR) is 87.0 cm³/mol. The normalized spacial score (nSPS) is 15.0. The molecule has 2 aromatic rings. The molecule has 1 aromatic heterocycles. The maximum absolute atomic E-state index is 13.6. The minimum absolute atomic E-state index is 0.0808. The number of rotatable bonds is 3. The molecule has 0 spiro atoms. The summed E-state index contributed by atoms with van der Waals surface area (Å²) in [6.07, 6.45) is 7.60. The van der Waals surface area contributed by atoms with Crippen LogP contribution >= 0.6 is 0 Å². The molecule has 0 atom stereocenters. The Kier molecular flexibility index (Phi) is 4.98. The fourth-order valence-corrected chi connectivity index (χ4v) is 2.68. The average molecular weight is 332 g/mol. The zero-order valence-corrected chi connectivity index (χ0v) is 13.1. The van der Waals surface area contributed by atoms with E-state index in [2.05, 4.69) is 20.2 Å². The first kappa shape index (κ1) is 16.3. The number of hydrogen-bond acceptors (Lipinski definition) is 4. The number of halogens is 2. The Bertz CT molecular complexity index is 713. The van der Waals surface area contributed by atoms with Gasteiger partial charge in [0.2, 0.25) is 0 Å². The second-order valence-corrected chi connectivity index (χ2v) is 5.74. The Balaban J connectivity index is 1.69. The van der Waals surface area contributed by atoms with Crippen molar-refractivity contribution in [3.8, 4) is 0 Å². The first-order valence-electron chi connectivity index (χ1n) is 7.97. The van der Waals surface area contributed by atoms with Gasteiger partial charge in [-0.05, 0) is 25.0 Å². The molecular weight excluding hydrogens is 314 g/mol. The van der Waals surface area contributed by atoms with E-state index in [-0.39, 0.29) is 11.4 Å². The van der Waals surface area contributed by atoms with Crippen molar-refractivity contribution in [3.63, 3.8) is 0 Å². The molecule has 1 N–H and O–H groups in total. The number of nitrogens with one attached hydrogen (secondary N) is 1. The lowest BCUT2D eigenvalue weighted by molar-refractivity contribution is 0.102. The number of carbonyl (C=O) groups excluding carboxylic acids is 1. The highest BCUT2D eigenvalue weighted by molar-refractivity contribution is 6.02. The topological polar surface area (TPSA) is 58.1 Å². The summed E-state index contributed by atoms with van der Waals surface area (Å²) in [6, 6.07) is 2.96. The van der Waals surface area contributed by atoms with Crippen LogP contribution in [-0.4, -0.2) is 29.0 Å². The van der Waals surface area contributed by atoms with Crippen LogP contribution < -0.4 is 10.2 Å². The highest BCUT2D eigenvalue weighted by Gasteiger charge is 2.15. The Labute approximate surface area is 138 Å². The molecule has 0 saturated carbocycles. The summed E-state index contributed by atoms with van der Waals surface area (Å²) < 4.78 is 26.5. The highest BCUT2D eigenvalue weighted by atomic mass is 19.1. The van der Waals surface area contributed by atoms with Crippen LogP contribution in [0.3, 0.4) is 0 Å². The van der Waals surface area contributed by atoms with Gasteiger partial charge in [-0.15, -0.1) is 0 Å². The Morgan fingerprint density at radius 2 is 1.79 bits per heavy atom. The molecule has 7 heteroatoms. The molecule has 5 nitrogen and oxygen atoms in total. The van der Waals surface area contributed by atoms with Gasteiger partial charge in [0.25, 0.3) is 5.91 Å². The van der Waals surface area contributed by atoms with Crippen molar-refractivity contribution in [2.24, 2.45) is 0 Å². The molecule has 0 radical (unpaired) electrons. The molecule has 2 heterocycles. The number of benzene rings is 1. The van der Waals surface area contributed by atoms with E-state index in [0.29, 0.717) is 6.07 Å². The summed E-state index contributed by atoms with van der Waals surface area (Å²) in [5.41, 5.74) is -0.0166. The largest absolute Gasteiger partial charge is 0.355 e. The second kappa shape index (κ2) is 7.33. The molecule has 1 saturated heterocycles. The van der Waals surface area contributed by atoms with Crippen LogP contribution in [0, 0.1) is 11.6 Å². The molecule has 24 heavy (non-hydrogen) atoms. The van der Waals surface area contributed by atoms with Gasteiger partial charge in [0.05, 0.1) is 18.1 Å². The van der Waals surface area contributed by atoms with Gasteiger partial charge in [0.15, 0.2) is 0 Å². The number of amides is 1. The highest BCUT2D eigenvalue weighted by Crippen LogP contribution is 2.18. The van der Waals surface area contributed by atoms with E-state index in [1.54, 1.807) is 6.20 Å². The molecule has 1 aliphatic rings. The lowest BCUT2D eigenvalue weighted by Crippen LogP contribution is -2.25. The maximum Gasteiger partial charge on any atom is 0.275 e. The minimum atomic E-state index is -0.836. The monoisotopic (exact) mass is 332 g/mol. The molecule has 1 aliphatic heterocycles. The summed E-state index contributed by atoms with van der Waals surface area (Å²) in [6.45, 7) is 1.86. The number of aromatic nitrogens is 2. The predicted octanol–water partition coefficient (Wildman–Crippen LogP) is 3.39. The molecule has 1 aromatic carbocycles. The van der Waals surface area contributed by atoms with Gasteiger partial charge in [0, 0.05) is 19.2 Å². The number of anilines is 2. The van der Waals surface area contributed by atoms with Crippen LogP contribution in [-0.2, 0) is 0 Å². The van der Waals surface area contributed by atoms with Gasteiger partial charge in [-0.25, -0.2) is 18.7 Å². The van der Waals surface area contributed by atoms with E-state index in [1.165, 1.54) is 25.1 Å². The van der Waals surface area contributed by atoms with E-state index in [4.69, 9.17) is 0 Å². The van der Waals surface area contributed by atoms with Crippen LogP contribution in [0.5, 0.6) is 0 Å². The Hall–Kier alpha value is -2.57. The van der Waals surface area contributed by atoms with Crippen molar-refractivity contribution in [2.75, 3.05) is 23.3 Å². The van der Waals surface area contributed by atoms with Crippen LogP contribution in [0.2, 0.25) is 0 Å². The number of hydrogen-bond donors (Lipinski definition) is 1. The lowest BCUT2D eigenvalue weighted by Gasteiger charge is -2.20. The molecule has 1 amide bonds. The van der Waals surface area contributed by atoms with Gasteiger partial charge in [-0.2, -0.15) is 0 Å². The number of nitrogens with zero attached hydrogens (tertiary/aromatic N) is 3. The van der Waals surface area contributed by atoms with Crippen LogP contribution in [0.25, 0.3) is 0 Å². The lowest BCUT2D eigenvalue weighted by atomic mass is 10.2. The smallest absolute Gasteiger partial charge is 0.275 e. The van der Waals surface area contributed by atoms with E-state index in [9.17, 15) is 13.6 Å². The number of carbonyl (C=O) groups is 1. The molecule has 0 aliphatic carbocycles. The van der Waals surface area contributed by atoms with Gasteiger partial charge in [0.1, 0.15) is 23.1 Å². The summed E-state index contributed by atoms with van der Waals surface area (Å²) in [7, 11) is 0. The Morgan fingerprint density at radius 3 is 2.42 bits per heavy atom. The molecule has 0 unspecified atom stereocenters. The average Bonchev–Trinajstić information content (AvgIpc) is 2.87. The molecule has 3 rings (SSSR count). The van der Waals surface area contributed by atoms with E-state index >= 15 is 0 Å². The van der Waals surface area contributed by atoms with Crippen LogP contribution in [0.1, 0.15) is 36.2 Å². The van der Waals surface area contributed by atoms with Crippen molar-refractivity contribution in [1.29, 1.82) is 0 Å². The van der Waals surface area contributed by atoms with E-state index < -0.39 is 17.5 Å². The van der Waals surface area contributed by atoms with Crippen molar-refractivity contribution in [2.45, 2.75) is 25.7 Å². The molecule has 1 fully saturated rings. The van der Waals surface area contributed by atoms with Crippen molar-refractivity contribution >= 4 is 17.4 Å². The zero-order chi connectivity index (χ0) is 16.9. The maximum atomic E-state index is 13.6. The SMILES string of the molecule is O=C(Nc1ccc(F)cc1F)c1cnc(N2CCCCCC2)cn1.